The number of hydrogen-bond donors (Lipinski definition) is 0. The molecule has 0 unspecified atom stereocenters. The van der Waals surface area contributed by atoms with Crippen LogP contribution < -0.4 is 4.74 Å². The number of rotatable bonds is 4. The number of piperidine rings is 1. The summed E-state index contributed by atoms with van der Waals surface area (Å²) in [6.07, 6.45) is 1.99. The van der Waals surface area contributed by atoms with E-state index in [-0.39, 0.29) is 5.92 Å². The van der Waals surface area contributed by atoms with Gasteiger partial charge in [-0.2, -0.15) is 11.8 Å². The van der Waals surface area contributed by atoms with Gasteiger partial charge in [0.05, 0.1) is 7.11 Å². The molecule has 5 heteroatoms. The Labute approximate surface area is 143 Å². The number of hydrogen-bond acceptors (Lipinski definition) is 4. The van der Waals surface area contributed by atoms with Crippen LogP contribution >= 0.6 is 11.8 Å². The molecule has 0 atom stereocenters. The van der Waals surface area contributed by atoms with Gasteiger partial charge in [0.1, 0.15) is 5.75 Å². The summed E-state index contributed by atoms with van der Waals surface area (Å²) in [5.41, 5.74) is 1.28. The third-order valence-electron chi connectivity index (χ3n) is 4.80. The fourth-order valence-corrected chi connectivity index (χ4v) is 4.31. The molecule has 4 nitrogen and oxygen atoms in total. The zero-order valence-corrected chi connectivity index (χ0v) is 14.7. The van der Waals surface area contributed by atoms with Gasteiger partial charge in [0, 0.05) is 37.1 Å². The van der Waals surface area contributed by atoms with Crippen molar-refractivity contribution in [3.8, 4) is 5.75 Å². The van der Waals surface area contributed by atoms with Crippen molar-refractivity contribution in [2.24, 2.45) is 5.92 Å². The minimum Gasteiger partial charge on any atom is -0.497 e. The van der Waals surface area contributed by atoms with Crippen LogP contribution in [-0.2, 0) is 11.3 Å². The molecule has 0 radical (unpaired) electrons. The second-order valence-corrected chi connectivity index (χ2v) is 7.56. The number of benzene rings is 1. The standard InChI is InChI=1S/C18H26N2O2S/c1-22-17-4-2-3-15(13-17)14-19-7-5-16(6-8-19)18(21)20-9-11-23-12-10-20/h2-4,13,16H,5-12,14H2,1H3. The van der Waals surface area contributed by atoms with Gasteiger partial charge in [-0.1, -0.05) is 12.1 Å². The zero-order valence-electron chi connectivity index (χ0n) is 13.9. The maximum absolute atomic E-state index is 12.6. The molecule has 0 N–H and O–H groups in total. The number of carbonyl (C=O) groups excluding carboxylic acids is 1. The zero-order chi connectivity index (χ0) is 16.1. The summed E-state index contributed by atoms with van der Waals surface area (Å²) in [4.78, 5) is 17.1. The van der Waals surface area contributed by atoms with Gasteiger partial charge < -0.3 is 9.64 Å². The van der Waals surface area contributed by atoms with Crippen LogP contribution in [0.15, 0.2) is 24.3 Å². The van der Waals surface area contributed by atoms with E-state index in [1.165, 1.54) is 5.56 Å². The number of amides is 1. The van der Waals surface area contributed by atoms with Gasteiger partial charge in [0.25, 0.3) is 0 Å². The molecule has 2 aliphatic rings. The van der Waals surface area contributed by atoms with Crippen LogP contribution in [0.3, 0.4) is 0 Å². The summed E-state index contributed by atoms with van der Waals surface area (Å²) in [6, 6.07) is 8.26. The predicted octanol–water partition coefficient (Wildman–Crippen LogP) is 2.48. The Morgan fingerprint density at radius 3 is 2.65 bits per heavy atom. The summed E-state index contributed by atoms with van der Waals surface area (Å²) >= 11 is 1.95. The quantitative estimate of drug-likeness (QED) is 0.847. The first-order valence-electron chi connectivity index (χ1n) is 8.48. The number of likely N-dealkylation sites (tertiary alicyclic amines) is 1. The van der Waals surface area contributed by atoms with Crippen molar-refractivity contribution in [1.82, 2.24) is 9.80 Å². The lowest BCUT2D eigenvalue weighted by Crippen LogP contribution is -2.45. The lowest BCUT2D eigenvalue weighted by Gasteiger charge is -2.35. The van der Waals surface area contributed by atoms with Gasteiger partial charge in [-0.15, -0.1) is 0 Å². The predicted molar refractivity (Wildman–Crippen MR) is 94.9 cm³/mol. The summed E-state index contributed by atoms with van der Waals surface area (Å²) in [5.74, 6) is 3.74. The first-order valence-corrected chi connectivity index (χ1v) is 9.63. The minimum atomic E-state index is 0.236. The molecule has 2 aliphatic heterocycles. The molecular weight excluding hydrogens is 308 g/mol. The third kappa shape index (κ3) is 4.42. The highest BCUT2D eigenvalue weighted by Gasteiger charge is 2.29. The van der Waals surface area contributed by atoms with E-state index in [2.05, 4.69) is 21.9 Å². The van der Waals surface area contributed by atoms with Crippen LogP contribution in [0.25, 0.3) is 0 Å². The molecule has 0 saturated carbocycles. The van der Waals surface area contributed by atoms with Crippen molar-refractivity contribution in [2.75, 3.05) is 44.8 Å². The first kappa shape index (κ1) is 16.7. The highest BCUT2D eigenvalue weighted by molar-refractivity contribution is 7.99. The summed E-state index contributed by atoms with van der Waals surface area (Å²) < 4.78 is 5.29. The molecule has 2 heterocycles. The van der Waals surface area contributed by atoms with Crippen molar-refractivity contribution in [2.45, 2.75) is 19.4 Å². The SMILES string of the molecule is COc1cccc(CN2CCC(C(=O)N3CCSCC3)CC2)c1. The van der Waals surface area contributed by atoms with E-state index in [9.17, 15) is 4.79 Å². The van der Waals surface area contributed by atoms with Gasteiger partial charge in [0.2, 0.25) is 5.91 Å². The number of thioether (sulfide) groups is 1. The lowest BCUT2D eigenvalue weighted by atomic mass is 9.95. The minimum absolute atomic E-state index is 0.236. The Hall–Kier alpha value is -1.20. The molecule has 3 rings (SSSR count). The summed E-state index contributed by atoms with van der Waals surface area (Å²) in [6.45, 7) is 4.84. The van der Waals surface area contributed by atoms with Gasteiger partial charge in [0.15, 0.2) is 0 Å². The molecule has 2 saturated heterocycles. The molecule has 1 amide bonds. The monoisotopic (exact) mass is 334 g/mol. The second-order valence-electron chi connectivity index (χ2n) is 6.34. The Morgan fingerprint density at radius 1 is 1.22 bits per heavy atom. The Balaban J connectivity index is 1.48. The van der Waals surface area contributed by atoms with Crippen LogP contribution in [0.4, 0.5) is 0 Å². The fourth-order valence-electron chi connectivity index (χ4n) is 3.41. The Bertz CT molecular complexity index is 524. The van der Waals surface area contributed by atoms with E-state index in [1.807, 2.05) is 23.9 Å². The maximum atomic E-state index is 12.6. The highest BCUT2D eigenvalue weighted by Crippen LogP contribution is 2.23. The van der Waals surface area contributed by atoms with Crippen LogP contribution in [0.5, 0.6) is 5.75 Å². The number of nitrogens with zero attached hydrogens (tertiary/aromatic N) is 2. The number of methoxy groups -OCH3 is 1. The molecule has 1 aromatic carbocycles. The first-order chi connectivity index (χ1) is 11.3. The number of ether oxygens (including phenoxy) is 1. The van der Waals surface area contributed by atoms with E-state index >= 15 is 0 Å². The van der Waals surface area contributed by atoms with Crippen molar-refractivity contribution < 1.29 is 9.53 Å². The van der Waals surface area contributed by atoms with E-state index in [0.29, 0.717) is 5.91 Å². The third-order valence-corrected chi connectivity index (χ3v) is 5.74. The highest BCUT2D eigenvalue weighted by atomic mass is 32.2. The summed E-state index contributed by atoms with van der Waals surface area (Å²) in [7, 11) is 1.70. The summed E-state index contributed by atoms with van der Waals surface area (Å²) in [5, 5.41) is 0. The van der Waals surface area contributed by atoms with Crippen LogP contribution in [-0.4, -0.2) is 60.5 Å². The second kappa shape index (κ2) is 8.06. The molecule has 0 spiro atoms. The van der Waals surface area contributed by atoms with E-state index in [0.717, 1.165) is 62.8 Å². The maximum Gasteiger partial charge on any atom is 0.225 e. The molecule has 126 valence electrons. The fraction of sp³-hybridized carbons (Fsp3) is 0.611. The van der Waals surface area contributed by atoms with Gasteiger partial charge in [-0.05, 0) is 43.6 Å². The molecule has 0 aliphatic carbocycles. The topological polar surface area (TPSA) is 32.8 Å². The Morgan fingerprint density at radius 2 is 1.96 bits per heavy atom. The average Bonchev–Trinajstić information content (AvgIpc) is 2.63. The molecule has 0 bridgehead atoms. The van der Waals surface area contributed by atoms with Gasteiger partial charge in [-0.25, -0.2) is 0 Å². The van der Waals surface area contributed by atoms with E-state index in [4.69, 9.17) is 4.74 Å². The molecular formula is C18H26N2O2S. The van der Waals surface area contributed by atoms with Crippen molar-refractivity contribution in [3.05, 3.63) is 29.8 Å². The molecule has 23 heavy (non-hydrogen) atoms. The van der Waals surface area contributed by atoms with E-state index in [1.54, 1.807) is 7.11 Å². The van der Waals surface area contributed by atoms with Crippen molar-refractivity contribution in [3.63, 3.8) is 0 Å². The van der Waals surface area contributed by atoms with E-state index < -0.39 is 0 Å². The molecule has 2 fully saturated rings. The number of carbonyl (C=O) groups is 1. The molecule has 1 aromatic rings. The van der Waals surface area contributed by atoms with Crippen LogP contribution in [0.1, 0.15) is 18.4 Å². The smallest absolute Gasteiger partial charge is 0.225 e. The van der Waals surface area contributed by atoms with Crippen LogP contribution in [0.2, 0.25) is 0 Å². The molecule has 0 aromatic heterocycles. The average molecular weight is 334 g/mol. The Kier molecular flexibility index (Phi) is 5.84. The van der Waals surface area contributed by atoms with Crippen LogP contribution in [0, 0.1) is 5.92 Å². The lowest BCUT2D eigenvalue weighted by molar-refractivity contribution is -0.136. The van der Waals surface area contributed by atoms with Crippen molar-refractivity contribution >= 4 is 17.7 Å². The largest absolute Gasteiger partial charge is 0.497 e. The normalized spacial score (nSPS) is 20.5. The van der Waals surface area contributed by atoms with Crippen molar-refractivity contribution in [1.29, 1.82) is 0 Å². The van der Waals surface area contributed by atoms with Gasteiger partial charge in [-0.3, -0.25) is 9.69 Å². The van der Waals surface area contributed by atoms with Gasteiger partial charge >= 0.3 is 0 Å².